The van der Waals surface area contributed by atoms with E-state index < -0.39 is 17.4 Å². The monoisotopic (exact) mass is 313 g/mol. The molecule has 2 bridgehead atoms. The summed E-state index contributed by atoms with van der Waals surface area (Å²) in [6.07, 6.45) is 3.51. The second-order valence-electron chi connectivity index (χ2n) is 6.60. The number of nitrogens with zero attached hydrogens (tertiary/aromatic N) is 1. The summed E-state index contributed by atoms with van der Waals surface area (Å²) in [7, 11) is 1.36. The van der Waals surface area contributed by atoms with Crippen LogP contribution in [0.4, 0.5) is 0 Å². The summed E-state index contributed by atoms with van der Waals surface area (Å²) in [4.78, 5) is 26.8. The van der Waals surface area contributed by atoms with Crippen molar-refractivity contribution >= 4 is 11.9 Å². The first kappa shape index (κ1) is 14.5. The van der Waals surface area contributed by atoms with Crippen molar-refractivity contribution < 1.29 is 19.1 Å². The third-order valence-corrected chi connectivity index (χ3v) is 5.15. The third kappa shape index (κ3) is 2.03. The normalized spacial score (nSPS) is 34.1. The molecule has 3 heterocycles. The quantitative estimate of drug-likeness (QED) is 0.626. The van der Waals surface area contributed by atoms with Crippen LogP contribution in [0.5, 0.6) is 0 Å². The lowest BCUT2D eigenvalue weighted by molar-refractivity contribution is -0.151. The van der Waals surface area contributed by atoms with Gasteiger partial charge in [0.2, 0.25) is 5.91 Å². The molecule has 3 aliphatic heterocycles. The van der Waals surface area contributed by atoms with Crippen molar-refractivity contribution in [2.75, 3.05) is 13.7 Å². The predicted octanol–water partition coefficient (Wildman–Crippen LogP) is 1.45. The molecule has 0 aliphatic carbocycles. The smallest absolute Gasteiger partial charge is 0.312 e. The van der Waals surface area contributed by atoms with Gasteiger partial charge in [0.25, 0.3) is 0 Å². The number of fused-ring (bicyclic) bond motifs is 1. The molecule has 0 unspecified atom stereocenters. The van der Waals surface area contributed by atoms with Gasteiger partial charge in [0.05, 0.1) is 25.7 Å². The van der Waals surface area contributed by atoms with Crippen molar-refractivity contribution in [3.05, 3.63) is 47.5 Å². The summed E-state index contributed by atoms with van der Waals surface area (Å²) in [5.74, 6) is -1.37. The Kier molecular flexibility index (Phi) is 3.10. The maximum atomic E-state index is 12.9. The summed E-state index contributed by atoms with van der Waals surface area (Å²) >= 11 is 0. The molecular formula is C18H19NO4. The predicted molar refractivity (Wildman–Crippen MR) is 82.3 cm³/mol. The minimum atomic E-state index is -0.661. The molecule has 1 aromatic carbocycles. The molecule has 0 aromatic heterocycles. The van der Waals surface area contributed by atoms with Crippen molar-refractivity contribution in [1.82, 2.24) is 4.90 Å². The summed E-state index contributed by atoms with van der Waals surface area (Å²) in [5.41, 5.74) is 1.60. The van der Waals surface area contributed by atoms with Crippen LogP contribution >= 0.6 is 0 Å². The second kappa shape index (κ2) is 4.93. The highest BCUT2D eigenvalue weighted by molar-refractivity contribution is 5.91. The Bertz CT molecular complexity index is 695. The van der Waals surface area contributed by atoms with E-state index in [1.165, 1.54) is 12.7 Å². The molecule has 2 fully saturated rings. The lowest BCUT2D eigenvalue weighted by Crippen LogP contribution is -2.39. The average Bonchev–Trinajstić information content (AvgIpc) is 3.18. The van der Waals surface area contributed by atoms with Crippen LogP contribution in [-0.4, -0.2) is 42.1 Å². The zero-order valence-corrected chi connectivity index (χ0v) is 13.2. The maximum Gasteiger partial charge on any atom is 0.312 e. The van der Waals surface area contributed by atoms with E-state index in [-0.39, 0.29) is 18.0 Å². The highest BCUT2D eigenvalue weighted by Gasteiger charge is 2.67. The number of aryl methyl sites for hydroxylation is 1. The van der Waals surface area contributed by atoms with E-state index in [4.69, 9.17) is 9.47 Å². The first-order valence-corrected chi connectivity index (χ1v) is 7.83. The van der Waals surface area contributed by atoms with E-state index in [2.05, 4.69) is 0 Å². The van der Waals surface area contributed by atoms with Gasteiger partial charge in [-0.2, -0.15) is 0 Å². The average molecular weight is 313 g/mol. The molecule has 3 aliphatic rings. The van der Waals surface area contributed by atoms with Crippen LogP contribution in [0.2, 0.25) is 0 Å². The number of hydrogen-bond donors (Lipinski definition) is 0. The minimum Gasteiger partial charge on any atom is -0.469 e. The lowest BCUT2D eigenvalue weighted by Gasteiger charge is -2.22. The van der Waals surface area contributed by atoms with Crippen LogP contribution in [0.3, 0.4) is 0 Å². The number of carbonyl (C=O) groups is 2. The Morgan fingerprint density at radius 2 is 2.13 bits per heavy atom. The number of rotatable bonds is 3. The summed E-state index contributed by atoms with van der Waals surface area (Å²) in [5, 5.41) is 0. The Morgan fingerprint density at radius 1 is 1.39 bits per heavy atom. The van der Waals surface area contributed by atoms with Gasteiger partial charge in [0.15, 0.2) is 0 Å². The largest absolute Gasteiger partial charge is 0.469 e. The van der Waals surface area contributed by atoms with E-state index in [9.17, 15) is 9.59 Å². The highest BCUT2D eigenvalue weighted by atomic mass is 16.5. The number of ether oxygens (including phenoxy) is 2. The van der Waals surface area contributed by atoms with Gasteiger partial charge in [0.1, 0.15) is 11.5 Å². The van der Waals surface area contributed by atoms with Gasteiger partial charge >= 0.3 is 5.97 Å². The fourth-order valence-electron chi connectivity index (χ4n) is 4.03. The standard InChI is InChI=1S/C18H19NO4/c1-11-3-5-12(6-4-11)9-19-10-18-8-7-13(23-18)14(17(21)22-2)15(18)16(19)20/h3-8,13-15H,9-10H2,1-2H3/t13-,14+,15-,18+/m1/s1. The minimum absolute atomic E-state index is 0.0205. The van der Waals surface area contributed by atoms with Gasteiger partial charge < -0.3 is 14.4 Å². The van der Waals surface area contributed by atoms with Gasteiger partial charge in [-0.25, -0.2) is 0 Å². The van der Waals surface area contributed by atoms with Crippen molar-refractivity contribution in [1.29, 1.82) is 0 Å². The van der Waals surface area contributed by atoms with Crippen LogP contribution in [0.1, 0.15) is 11.1 Å². The van der Waals surface area contributed by atoms with Crippen molar-refractivity contribution in [2.45, 2.75) is 25.2 Å². The summed E-state index contributed by atoms with van der Waals surface area (Å²) in [6.45, 7) is 3.06. The molecule has 4 atom stereocenters. The molecule has 0 saturated carbocycles. The SMILES string of the molecule is COC(=O)[C@H]1[C@H]2C=C[C@@]3(CN(Cc4ccc(C)cc4)C(=O)[C@@H]13)O2. The molecule has 23 heavy (non-hydrogen) atoms. The molecule has 120 valence electrons. The van der Waals surface area contributed by atoms with E-state index >= 15 is 0 Å². The zero-order chi connectivity index (χ0) is 16.2. The first-order valence-electron chi connectivity index (χ1n) is 7.83. The Balaban J connectivity index is 1.60. The summed E-state index contributed by atoms with van der Waals surface area (Å²) in [6, 6.07) is 8.13. The fourth-order valence-corrected chi connectivity index (χ4v) is 4.03. The number of carbonyl (C=O) groups excluding carboxylic acids is 2. The van der Waals surface area contributed by atoms with Gasteiger partial charge in [-0.3, -0.25) is 9.59 Å². The molecule has 1 amide bonds. The van der Waals surface area contributed by atoms with Gasteiger partial charge in [0, 0.05) is 6.54 Å². The molecule has 2 saturated heterocycles. The Morgan fingerprint density at radius 3 is 2.83 bits per heavy atom. The number of methoxy groups -OCH3 is 1. The first-order chi connectivity index (χ1) is 11.0. The van der Waals surface area contributed by atoms with Crippen LogP contribution in [0.15, 0.2) is 36.4 Å². The van der Waals surface area contributed by atoms with Crippen molar-refractivity contribution in [3.8, 4) is 0 Å². The number of amides is 1. The molecule has 5 heteroatoms. The molecule has 1 aromatic rings. The van der Waals surface area contributed by atoms with Gasteiger partial charge in [-0.05, 0) is 12.5 Å². The topological polar surface area (TPSA) is 55.8 Å². The summed E-state index contributed by atoms with van der Waals surface area (Å²) < 4.78 is 10.9. The van der Waals surface area contributed by atoms with E-state index in [0.29, 0.717) is 13.1 Å². The lowest BCUT2D eigenvalue weighted by atomic mass is 9.77. The van der Waals surface area contributed by atoms with Crippen LogP contribution in [0.25, 0.3) is 0 Å². The van der Waals surface area contributed by atoms with Gasteiger partial charge in [-0.1, -0.05) is 42.0 Å². The zero-order valence-electron chi connectivity index (χ0n) is 13.2. The number of esters is 1. The Labute approximate surface area is 134 Å². The third-order valence-electron chi connectivity index (χ3n) is 5.15. The number of likely N-dealkylation sites (tertiary alicyclic amines) is 1. The fraction of sp³-hybridized carbons (Fsp3) is 0.444. The molecule has 5 nitrogen and oxygen atoms in total. The van der Waals surface area contributed by atoms with Crippen LogP contribution < -0.4 is 0 Å². The van der Waals surface area contributed by atoms with Crippen LogP contribution in [0, 0.1) is 18.8 Å². The maximum absolute atomic E-state index is 12.9. The molecule has 1 spiro atoms. The van der Waals surface area contributed by atoms with Crippen LogP contribution in [-0.2, 0) is 25.6 Å². The van der Waals surface area contributed by atoms with E-state index in [1.54, 1.807) is 4.90 Å². The molecule has 0 radical (unpaired) electrons. The molecule has 4 rings (SSSR count). The number of hydrogen-bond acceptors (Lipinski definition) is 4. The van der Waals surface area contributed by atoms with Gasteiger partial charge in [-0.15, -0.1) is 0 Å². The van der Waals surface area contributed by atoms with Crippen molar-refractivity contribution in [2.24, 2.45) is 11.8 Å². The molecular weight excluding hydrogens is 294 g/mol. The van der Waals surface area contributed by atoms with E-state index in [0.717, 1.165) is 5.56 Å². The highest BCUT2D eigenvalue weighted by Crippen LogP contribution is 2.52. The second-order valence-corrected chi connectivity index (χ2v) is 6.60. The van der Waals surface area contributed by atoms with E-state index in [1.807, 2.05) is 43.3 Å². The van der Waals surface area contributed by atoms with Crippen molar-refractivity contribution in [3.63, 3.8) is 0 Å². The Hall–Kier alpha value is -2.14. The molecule has 0 N–H and O–H groups in total. The number of benzene rings is 1.